The van der Waals surface area contributed by atoms with E-state index in [9.17, 15) is 13.2 Å². The summed E-state index contributed by atoms with van der Waals surface area (Å²) in [5, 5.41) is 0. The smallest absolute Gasteiger partial charge is 0.241 e. The summed E-state index contributed by atoms with van der Waals surface area (Å²) in [6.45, 7) is 4.86. The summed E-state index contributed by atoms with van der Waals surface area (Å²) in [7, 11) is -3.71. The summed E-state index contributed by atoms with van der Waals surface area (Å²) in [4.78, 5) is 13.5. The van der Waals surface area contributed by atoms with E-state index in [4.69, 9.17) is 9.47 Å². The third-order valence-electron chi connectivity index (χ3n) is 5.04. The van der Waals surface area contributed by atoms with Gasteiger partial charge in [-0.25, -0.2) is 13.1 Å². The van der Waals surface area contributed by atoms with Crippen molar-refractivity contribution in [2.24, 2.45) is 0 Å². The summed E-state index contributed by atoms with van der Waals surface area (Å²) < 4.78 is 39.5. The number of nitrogens with one attached hydrogen (secondary N) is 1. The number of ether oxygens (including phenoxy) is 2. The van der Waals surface area contributed by atoms with Crippen LogP contribution in [0, 0.1) is 0 Å². The first-order valence-corrected chi connectivity index (χ1v) is 10.7. The van der Waals surface area contributed by atoms with E-state index in [1.165, 1.54) is 6.92 Å². The molecule has 4 rings (SSSR count). The van der Waals surface area contributed by atoms with Crippen LogP contribution in [-0.2, 0) is 21.2 Å². The third-order valence-corrected chi connectivity index (χ3v) is 6.57. The van der Waals surface area contributed by atoms with Gasteiger partial charge < -0.3 is 14.4 Å². The van der Waals surface area contributed by atoms with Gasteiger partial charge in [-0.15, -0.1) is 0 Å². The van der Waals surface area contributed by atoms with Crippen LogP contribution in [0.4, 0.5) is 5.69 Å². The Kier molecular flexibility index (Phi) is 4.76. The highest BCUT2D eigenvalue weighted by atomic mass is 32.2. The number of fused-ring (bicyclic) bond motifs is 2. The average Bonchev–Trinajstić information content (AvgIpc) is 3.11. The molecule has 2 aliphatic heterocycles. The van der Waals surface area contributed by atoms with E-state index in [2.05, 4.69) is 4.72 Å². The Morgan fingerprint density at radius 2 is 1.86 bits per heavy atom. The highest BCUT2D eigenvalue weighted by Gasteiger charge is 2.26. The molecular formula is C20H22N2O5S. The molecule has 0 spiro atoms. The van der Waals surface area contributed by atoms with Gasteiger partial charge in [0.05, 0.1) is 4.90 Å². The number of carbonyl (C=O) groups is 1. The molecule has 7 nitrogen and oxygen atoms in total. The van der Waals surface area contributed by atoms with Gasteiger partial charge in [-0.05, 0) is 54.8 Å². The van der Waals surface area contributed by atoms with Gasteiger partial charge in [0, 0.05) is 25.2 Å². The molecule has 0 bridgehead atoms. The van der Waals surface area contributed by atoms with E-state index in [1.54, 1.807) is 42.2 Å². The van der Waals surface area contributed by atoms with Gasteiger partial charge in [0.1, 0.15) is 13.2 Å². The lowest BCUT2D eigenvalue weighted by Crippen LogP contribution is -2.27. The maximum Gasteiger partial charge on any atom is 0.241 e. The van der Waals surface area contributed by atoms with Crippen molar-refractivity contribution in [1.82, 2.24) is 4.72 Å². The number of nitrogens with zero attached hydrogens (tertiary/aromatic N) is 1. The summed E-state index contributed by atoms with van der Waals surface area (Å²) in [6.07, 6.45) is 0.649. The lowest BCUT2D eigenvalue weighted by Gasteiger charge is -2.21. The Labute approximate surface area is 164 Å². The van der Waals surface area contributed by atoms with Crippen LogP contribution in [0.1, 0.15) is 31.0 Å². The summed E-state index contributed by atoms with van der Waals surface area (Å²) in [5.41, 5.74) is 2.44. The summed E-state index contributed by atoms with van der Waals surface area (Å²) in [6, 6.07) is 9.87. The first-order valence-electron chi connectivity index (χ1n) is 9.18. The zero-order valence-corrected chi connectivity index (χ0v) is 16.6. The lowest BCUT2D eigenvalue weighted by molar-refractivity contribution is -0.116. The number of rotatable bonds is 4. The Hall–Kier alpha value is -2.58. The summed E-state index contributed by atoms with van der Waals surface area (Å²) >= 11 is 0. The maximum atomic E-state index is 12.9. The van der Waals surface area contributed by atoms with Crippen molar-refractivity contribution in [3.8, 4) is 11.5 Å². The number of hydrogen-bond donors (Lipinski definition) is 1. The third kappa shape index (κ3) is 3.45. The Bertz CT molecular complexity index is 1030. The molecule has 1 N–H and O–H groups in total. The number of benzene rings is 2. The normalized spacial score (nSPS) is 16.6. The molecule has 1 amide bonds. The topological polar surface area (TPSA) is 84.9 Å². The molecule has 0 saturated heterocycles. The van der Waals surface area contributed by atoms with E-state index in [0.29, 0.717) is 37.7 Å². The minimum atomic E-state index is -3.71. The minimum absolute atomic E-state index is 0.0419. The molecule has 148 valence electrons. The van der Waals surface area contributed by atoms with Crippen LogP contribution in [0.15, 0.2) is 41.3 Å². The molecule has 2 aromatic carbocycles. The largest absolute Gasteiger partial charge is 0.486 e. The molecule has 0 radical (unpaired) electrons. The van der Waals surface area contributed by atoms with Crippen LogP contribution >= 0.6 is 0 Å². The molecular weight excluding hydrogens is 380 g/mol. The predicted molar refractivity (Wildman–Crippen MR) is 104 cm³/mol. The van der Waals surface area contributed by atoms with Crippen LogP contribution in [-0.4, -0.2) is 34.1 Å². The van der Waals surface area contributed by atoms with Crippen molar-refractivity contribution < 1.29 is 22.7 Å². The zero-order chi connectivity index (χ0) is 19.9. The van der Waals surface area contributed by atoms with Crippen LogP contribution < -0.4 is 19.1 Å². The fourth-order valence-electron chi connectivity index (χ4n) is 3.57. The van der Waals surface area contributed by atoms with Crippen molar-refractivity contribution in [1.29, 1.82) is 0 Å². The van der Waals surface area contributed by atoms with E-state index < -0.39 is 16.1 Å². The van der Waals surface area contributed by atoms with Crippen LogP contribution in [0.5, 0.6) is 11.5 Å². The van der Waals surface area contributed by atoms with Gasteiger partial charge in [-0.3, -0.25) is 4.79 Å². The van der Waals surface area contributed by atoms with Gasteiger partial charge in [0.25, 0.3) is 0 Å². The average molecular weight is 402 g/mol. The SMILES string of the molecule is CC(=O)N1CCc2cc(S(=O)(=O)NC(C)c3ccc4c(c3)OCCO4)ccc21. The van der Waals surface area contributed by atoms with Crippen LogP contribution in [0.3, 0.4) is 0 Å². The van der Waals surface area contributed by atoms with Gasteiger partial charge in [-0.2, -0.15) is 0 Å². The zero-order valence-electron chi connectivity index (χ0n) is 15.8. The van der Waals surface area contributed by atoms with E-state index in [1.807, 2.05) is 6.07 Å². The number of hydrogen-bond acceptors (Lipinski definition) is 5. The first kappa shape index (κ1) is 18.8. The standard InChI is InChI=1S/C20H22N2O5S/c1-13(15-3-6-19-20(12-15)27-10-9-26-19)21-28(24,25)17-4-5-18-16(11-17)7-8-22(18)14(2)23/h3-6,11-13,21H,7-10H2,1-2H3. The second-order valence-electron chi connectivity index (χ2n) is 6.96. The minimum Gasteiger partial charge on any atom is -0.486 e. The van der Waals surface area contributed by atoms with Crippen molar-refractivity contribution in [3.63, 3.8) is 0 Å². The Morgan fingerprint density at radius 1 is 1.11 bits per heavy atom. The number of sulfonamides is 1. The van der Waals surface area contributed by atoms with Crippen molar-refractivity contribution >= 4 is 21.6 Å². The fourth-order valence-corrected chi connectivity index (χ4v) is 4.85. The quantitative estimate of drug-likeness (QED) is 0.849. The van der Waals surface area contributed by atoms with Gasteiger partial charge in [0.2, 0.25) is 15.9 Å². The fraction of sp³-hybridized carbons (Fsp3) is 0.350. The van der Waals surface area contributed by atoms with E-state index in [-0.39, 0.29) is 10.8 Å². The van der Waals surface area contributed by atoms with E-state index in [0.717, 1.165) is 16.8 Å². The van der Waals surface area contributed by atoms with Crippen molar-refractivity contribution in [2.75, 3.05) is 24.7 Å². The van der Waals surface area contributed by atoms with Crippen molar-refractivity contribution in [2.45, 2.75) is 31.2 Å². The molecule has 0 saturated carbocycles. The predicted octanol–water partition coefficient (Wildman–Crippen LogP) is 2.41. The lowest BCUT2D eigenvalue weighted by atomic mass is 10.1. The number of carbonyl (C=O) groups excluding carboxylic acids is 1. The molecule has 2 aliphatic rings. The molecule has 0 aliphatic carbocycles. The monoisotopic (exact) mass is 402 g/mol. The first-order chi connectivity index (χ1) is 13.3. The second-order valence-corrected chi connectivity index (χ2v) is 8.67. The van der Waals surface area contributed by atoms with Crippen molar-refractivity contribution in [3.05, 3.63) is 47.5 Å². The highest BCUT2D eigenvalue weighted by Crippen LogP contribution is 2.34. The molecule has 0 fully saturated rings. The van der Waals surface area contributed by atoms with Gasteiger partial charge in [0.15, 0.2) is 11.5 Å². The number of amides is 1. The van der Waals surface area contributed by atoms with Crippen LogP contribution in [0.2, 0.25) is 0 Å². The molecule has 28 heavy (non-hydrogen) atoms. The maximum absolute atomic E-state index is 12.9. The molecule has 2 aromatic rings. The van der Waals surface area contributed by atoms with Gasteiger partial charge in [-0.1, -0.05) is 6.07 Å². The molecule has 8 heteroatoms. The highest BCUT2D eigenvalue weighted by molar-refractivity contribution is 7.89. The molecule has 2 heterocycles. The Morgan fingerprint density at radius 3 is 2.61 bits per heavy atom. The van der Waals surface area contributed by atoms with E-state index >= 15 is 0 Å². The molecule has 1 atom stereocenters. The Balaban J connectivity index is 1.55. The summed E-state index contributed by atoms with van der Waals surface area (Å²) in [5.74, 6) is 1.25. The number of anilines is 1. The van der Waals surface area contributed by atoms with Gasteiger partial charge >= 0.3 is 0 Å². The molecule has 1 unspecified atom stereocenters. The second kappa shape index (κ2) is 7.10. The van der Waals surface area contributed by atoms with Crippen LogP contribution in [0.25, 0.3) is 0 Å². The molecule has 0 aromatic heterocycles.